The molecule has 0 spiro atoms. The Hall–Kier alpha value is -2.48. The minimum absolute atomic E-state index is 0.0393. The van der Waals surface area contributed by atoms with Crippen LogP contribution in [-0.4, -0.2) is 27.1 Å². The molecule has 0 fully saturated rings. The Kier molecular flexibility index (Phi) is 5.42. The van der Waals surface area contributed by atoms with Crippen LogP contribution in [0, 0.1) is 25.5 Å². The molecule has 1 N–H and O–H groups in total. The number of hydrogen-bond acceptors (Lipinski definition) is 3. The summed E-state index contributed by atoms with van der Waals surface area (Å²) in [5.74, 6) is -2.81. The van der Waals surface area contributed by atoms with Crippen LogP contribution in [0.1, 0.15) is 11.1 Å². The predicted molar refractivity (Wildman–Crippen MR) is 93.1 cm³/mol. The third-order valence-electron chi connectivity index (χ3n) is 3.67. The highest BCUT2D eigenvalue weighted by atomic mass is 32.2. The van der Waals surface area contributed by atoms with Crippen molar-refractivity contribution in [3.8, 4) is 0 Å². The third-order valence-corrected chi connectivity index (χ3v) is 4.81. The van der Waals surface area contributed by atoms with Gasteiger partial charge in [0.05, 0.1) is 11.9 Å². The van der Waals surface area contributed by atoms with Crippen LogP contribution >= 0.6 is 0 Å². The quantitative estimate of drug-likeness (QED) is 0.882. The molecule has 0 heterocycles. The van der Waals surface area contributed by atoms with E-state index < -0.39 is 34.1 Å². The zero-order valence-electron chi connectivity index (χ0n) is 14.0. The Labute approximate surface area is 145 Å². The van der Waals surface area contributed by atoms with Gasteiger partial charge < -0.3 is 5.32 Å². The molecule has 134 valence electrons. The van der Waals surface area contributed by atoms with Gasteiger partial charge in [-0.15, -0.1) is 0 Å². The maximum absolute atomic E-state index is 13.2. The Morgan fingerprint density at radius 1 is 1.04 bits per heavy atom. The van der Waals surface area contributed by atoms with E-state index in [0.29, 0.717) is 5.69 Å². The summed E-state index contributed by atoms with van der Waals surface area (Å²) in [5.41, 5.74) is 2.26. The first-order valence-corrected chi connectivity index (χ1v) is 9.22. The minimum atomic E-state index is -3.71. The summed E-state index contributed by atoms with van der Waals surface area (Å²) < 4.78 is 51.2. The van der Waals surface area contributed by atoms with Crippen LogP contribution in [0.5, 0.6) is 0 Å². The van der Waals surface area contributed by atoms with Gasteiger partial charge in [0.2, 0.25) is 15.9 Å². The standard InChI is InChI=1S/C17H18F2N2O3S/c1-11-4-6-14(8-12(11)2)21(25(3,23)24)10-17(22)20-13-5-7-15(18)16(19)9-13/h4-9H,10H2,1-3H3,(H,20,22). The molecular formula is C17H18F2N2O3S. The minimum Gasteiger partial charge on any atom is -0.324 e. The maximum atomic E-state index is 13.2. The molecule has 2 rings (SSSR count). The van der Waals surface area contributed by atoms with Gasteiger partial charge in [-0.2, -0.15) is 0 Å². The predicted octanol–water partition coefficient (Wildman–Crippen LogP) is 2.99. The molecule has 25 heavy (non-hydrogen) atoms. The normalized spacial score (nSPS) is 11.2. The molecule has 0 bridgehead atoms. The first kappa shape index (κ1) is 18.9. The van der Waals surface area contributed by atoms with Crippen molar-refractivity contribution < 1.29 is 22.0 Å². The molecule has 0 aliphatic heterocycles. The summed E-state index contributed by atoms with van der Waals surface area (Å²) in [6, 6.07) is 7.93. The van der Waals surface area contributed by atoms with Crippen molar-refractivity contribution >= 4 is 27.3 Å². The van der Waals surface area contributed by atoms with Crippen molar-refractivity contribution in [3.05, 3.63) is 59.2 Å². The molecule has 2 aromatic carbocycles. The highest BCUT2D eigenvalue weighted by Gasteiger charge is 2.21. The molecule has 5 nitrogen and oxygen atoms in total. The van der Waals surface area contributed by atoms with Crippen molar-refractivity contribution in [1.82, 2.24) is 0 Å². The zero-order valence-corrected chi connectivity index (χ0v) is 14.8. The highest BCUT2D eigenvalue weighted by Crippen LogP contribution is 2.21. The number of carbonyl (C=O) groups excluding carboxylic acids is 1. The van der Waals surface area contributed by atoms with Crippen LogP contribution in [0.15, 0.2) is 36.4 Å². The first-order chi connectivity index (χ1) is 11.6. The summed E-state index contributed by atoms with van der Waals surface area (Å²) in [5, 5.41) is 2.36. The van der Waals surface area contributed by atoms with E-state index in [0.717, 1.165) is 33.8 Å². The topological polar surface area (TPSA) is 66.5 Å². The molecule has 0 unspecified atom stereocenters. The van der Waals surface area contributed by atoms with Crippen molar-refractivity contribution in [3.63, 3.8) is 0 Å². The fourth-order valence-electron chi connectivity index (χ4n) is 2.19. The Balaban J connectivity index is 2.23. The highest BCUT2D eigenvalue weighted by molar-refractivity contribution is 7.92. The summed E-state index contributed by atoms with van der Waals surface area (Å²) in [6.07, 6.45) is 0.993. The number of amides is 1. The Morgan fingerprint density at radius 3 is 2.28 bits per heavy atom. The van der Waals surface area contributed by atoms with E-state index in [1.54, 1.807) is 18.2 Å². The zero-order chi connectivity index (χ0) is 18.8. The van der Waals surface area contributed by atoms with E-state index in [-0.39, 0.29) is 5.69 Å². The van der Waals surface area contributed by atoms with Gasteiger partial charge in [0, 0.05) is 11.8 Å². The van der Waals surface area contributed by atoms with Crippen LogP contribution < -0.4 is 9.62 Å². The number of nitrogens with one attached hydrogen (secondary N) is 1. The van der Waals surface area contributed by atoms with Gasteiger partial charge in [-0.05, 0) is 49.2 Å². The molecule has 0 aliphatic carbocycles. The molecule has 1 amide bonds. The molecule has 0 radical (unpaired) electrons. The SMILES string of the molecule is Cc1ccc(N(CC(=O)Nc2ccc(F)c(F)c2)S(C)(=O)=O)cc1C. The number of sulfonamides is 1. The number of hydrogen-bond donors (Lipinski definition) is 1. The number of aryl methyl sites for hydroxylation is 2. The van der Waals surface area contributed by atoms with Crippen LogP contribution in [-0.2, 0) is 14.8 Å². The molecular weight excluding hydrogens is 350 g/mol. The van der Waals surface area contributed by atoms with Gasteiger partial charge in [-0.1, -0.05) is 6.07 Å². The van der Waals surface area contributed by atoms with Gasteiger partial charge >= 0.3 is 0 Å². The second-order valence-corrected chi connectivity index (χ2v) is 7.62. The van der Waals surface area contributed by atoms with Crippen LogP contribution in [0.25, 0.3) is 0 Å². The summed E-state index contributed by atoms with van der Waals surface area (Å²) in [6.45, 7) is 3.24. The largest absolute Gasteiger partial charge is 0.324 e. The lowest BCUT2D eigenvalue weighted by molar-refractivity contribution is -0.114. The van der Waals surface area contributed by atoms with Crippen molar-refractivity contribution in [2.75, 3.05) is 22.4 Å². The van der Waals surface area contributed by atoms with Gasteiger partial charge in [0.25, 0.3) is 0 Å². The lowest BCUT2D eigenvalue weighted by Gasteiger charge is -2.22. The lowest BCUT2D eigenvalue weighted by Crippen LogP contribution is -2.37. The smallest absolute Gasteiger partial charge is 0.245 e. The average Bonchev–Trinajstić information content (AvgIpc) is 2.50. The van der Waals surface area contributed by atoms with Gasteiger partial charge in [-0.3, -0.25) is 9.10 Å². The van der Waals surface area contributed by atoms with Crippen LogP contribution in [0.3, 0.4) is 0 Å². The summed E-state index contributed by atoms with van der Waals surface area (Å²) >= 11 is 0. The summed E-state index contributed by atoms with van der Waals surface area (Å²) in [4.78, 5) is 12.2. The number of anilines is 2. The molecule has 0 saturated carbocycles. The second-order valence-electron chi connectivity index (χ2n) is 5.72. The molecule has 0 aromatic heterocycles. The van der Waals surface area contributed by atoms with E-state index >= 15 is 0 Å². The molecule has 8 heteroatoms. The number of rotatable bonds is 5. The van der Waals surface area contributed by atoms with Gasteiger partial charge in [0.1, 0.15) is 6.54 Å². The number of halogens is 2. The monoisotopic (exact) mass is 368 g/mol. The third kappa shape index (κ3) is 4.76. The molecule has 0 atom stereocenters. The fourth-order valence-corrected chi connectivity index (χ4v) is 3.03. The fraction of sp³-hybridized carbons (Fsp3) is 0.235. The Bertz CT molecular complexity index is 914. The molecule has 2 aromatic rings. The van der Waals surface area contributed by atoms with Gasteiger partial charge in [0.15, 0.2) is 11.6 Å². The van der Waals surface area contributed by atoms with Crippen molar-refractivity contribution in [2.45, 2.75) is 13.8 Å². The number of benzene rings is 2. The molecule has 0 saturated heterocycles. The van der Waals surface area contributed by atoms with E-state index in [4.69, 9.17) is 0 Å². The van der Waals surface area contributed by atoms with E-state index in [2.05, 4.69) is 5.32 Å². The van der Waals surface area contributed by atoms with Crippen molar-refractivity contribution in [1.29, 1.82) is 0 Å². The lowest BCUT2D eigenvalue weighted by atomic mass is 10.1. The number of nitrogens with zero attached hydrogens (tertiary/aromatic N) is 1. The van der Waals surface area contributed by atoms with E-state index in [9.17, 15) is 22.0 Å². The van der Waals surface area contributed by atoms with Gasteiger partial charge in [-0.25, -0.2) is 17.2 Å². The second kappa shape index (κ2) is 7.18. The van der Waals surface area contributed by atoms with E-state index in [1.165, 1.54) is 6.07 Å². The summed E-state index contributed by atoms with van der Waals surface area (Å²) in [7, 11) is -3.71. The molecule has 0 aliphatic rings. The maximum Gasteiger partial charge on any atom is 0.245 e. The van der Waals surface area contributed by atoms with Crippen LogP contribution in [0.2, 0.25) is 0 Å². The number of carbonyl (C=O) groups is 1. The van der Waals surface area contributed by atoms with Crippen LogP contribution in [0.4, 0.5) is 20.2 Å². The Morgan fingerprint density at radius 2 is 1.72 bits per heavy atom. The first-order valence-electron chi connectivity index (χ1n) is 7.38. The van der Waals surface area contributed by atoms with Crippen molar-refractivity contribution in [2.24, 2.45) is 0 Å². The average molecular weight is 368 g/mol. The van der Waals surface area contributed by atoms with E-state index in [1.807, 2.05) is 13.8 Å².